The van der Waals surface area contributed by atoms with Crippen LogP contribution in [-0.4, -0.2) is 20.9 Å². The number of hydrogen-bond acceptors (Lipinski definition) is 4. The lowest BCUT2D eigenvalue weighted by Gasteiger charge is -2.13. The fourth-order valence-electron chi connectivity index (χ4n) is 2.40. The monoisotopic (exact) mass is 417 g/mol. The molecular weight excluding hydrogens is 401 g/mol. The van der Waals surface area contributed by atoms with Crippen molar-refractivity contribution in [3.8, 4) is 5.69 Å². The van der Waals surface area contributed by atoms with Crippen LogP contribution in [0.25, 0.3) is 5.69 Å². The maximum Gasteiger partial charge on any atom is 0.271 e. The Labute approximate surface area is 170 Å². The summed E-state index contributed by atoms with van der Waals surface area (Å²) in [5.74, 6) is -0.725. The lowest BCUT2D eigenvalue weighted by Crippen LogP contribution is -2.24. The number of halogens is 2. The quantitative estimate of drug-likeness (QED) is 0.623. The summed E-state index contributed by atoms with van der Waals surface area (Å²) in [5.41, 5.74) is 1.51. The standard InChI is InChI=1S/C20H17ClFN3O2S/c1-12-6-7-16(11-17(12)21)25-19(26)9-8-18(24-25)28-13(2)20(27)23-15-5-3-4-14(22)10-15/h3-11,13H,1-2H3,(H,23,27). The normalized spacial score (nSPS) is 11.9. The van der Waals surface area contributed by atoms with Crippen molar-refractivity contribution in [3.05, 3.63) is 81.4 Å². The number of hydrogen-bond donors (Lipinski definition) is 1. The van der Waals surface area contributed by atoms with Gasteiger partial charge >= 0.3 is 0 Å². The number of aromatic nitrogens is 2. The molecule has 0 bridgehead atoms. The van der Waals surface area contributed by atoms with Crippen LogP contribution in [0.5, 0.6) is 0 Å². The van der Waals surface area contributed by atoms with E-state index in [1.54, 1.807) is 37.3 Å². The highest BCUT2D eigenvalue weighted by Crippen LogP contribution is 2.23. The van der Waals surface area contributed by atoms with E-state index in [0.717, 1.165) is 5.56 Å². The van der Waals surface area contributed by atoms with Gasteiger partial charge in [0, 0.05) is 16.8 Å². The van der Waals surface area contributed by atoms with Crippen LogP contribution in [0.15, 0.2) is 64.4 Å². The van der Waals surface area contributed by atoms with Crippen molar-refractivity contribution in [2.24, 2.45) is 0 Å². The average Bonchev–Trinajstić information content (AvgIpc) is 2.65. The zero-order chi connectivity index (χ0) is 20.3. The van der Waals surface area contributed by atoms with Gasteiger partial charge in [-0.25, -0.2) is 4.39 Å². The van der Waals surface area contributed by atoms with E-state index in [1.807, 2.05) is 6.92 Å². The molecule has 0 radical (unpaired) electrons. The summed E-state index contributed by atoms with van der Waals surface area (Å²) in [6.45, 7) is 3.58. The number of nitrogens with zero attached hydrogens (tertiary/aromatic N) is 2. The molecule has 144 valence electrons. The van der Waals surface area contributed by atoms with Gasteiger partial charge in [0.05, 0.1) is 10.9 Å². The van der Waals surface area contributed by atoms with E-state index in [4.69, 9.17) is 11.6 Å². The SMILES string of the molecule is Cc1ccc(-n2nc(SC(C)C(=O)Nc3cccc(F)c3)ccc2=O)cc1Cl. The second-order valence-electron chi connectivity index (χ2n) is 6.11. The minimum Gasteiger partial charge on any atom is -0.325 e. The van der Waals surface area contributed by atoms with Gasteiger partial charge in [-0.2, -0.15) is 9.78 Å². The molecule has 1 unspecified atom stereocenters. The smallest absolute Gasteiger partial charge is 0.271 e. The van der Waals surface area contributed by atoms with Crippen molar-refractivity contribution in [2.45, 2.75) is 24.1 Å². The minimum absolute atomic E-state index is 0.298. The fourth-order valence-corrected chi connectivity index (χ4v) is 3.38. The number of anilines is 1. The van der Waals surface area contributed by atoms with E-state index in [-0.39, 0.29) is 11.5 Å². The highest BCUT2D eigenvalue weighted by molar-refractivity contribution is 8.00. The molecule has 0 fully saturated rings. The van der Waals surface area contributed by atoms with E-state index in [1.165, 1.54) is 40.7 Å². The third-order valence-electron chi connectivity index (χ3n) is 3.93. The van der Waals surface area contributed by atoms with E-state index in [0.29, 0.717) is 21.4 Å². The number of nitrogens with one attached hydrogen (secondary N) is 1. The maximum absolute atomic E-state index is 13.3. The molecular formula is C20H17ClFN3O2S. The van der Waals surface area contributed by atoms with E-state index in [9.17, 15) is 14.0 Å². The van der Waals surface area contributed by atoms with E-state index in [2.05, 4.69) is 10.4 Å². The van der Waals surface area contributed by atoms with E-state index >= 15 is 0 Å². The first kappa shape index (κ1) is 20.1. The lowest BCUT2D eigenvalue weighted by atomic mass is 10.2. The molecule has 0 saturated heterocycles. The molecule has 5 nitrogen and oxygen atoms in total. The van der Waals surface area contributed by atoms with Crippen LogP contribution in [0.3, 0.4) is 0 Å². The van der Waals surface area contributed by atoms with Gasteiger partial charge in [0.25, 0.3) is 5.56 Å². The van der Waals surface area contributed by atoms with Gasteiger partial charge in [-0.1, -0.05) is 35.5 Å². The Hall–Kier alpha value is -2.64. The molecule has 28 heavy (non-hydrogen) atoms. The number of benzene rings is 2. The van der Waals surface area contributed by atoms with Gasteiger partial charge in [-0.15, -0.1) is 0 Å². The Morgan fingerprint density at radius 3 is 2.71 bits per heavy atom. The number of amides is 1. The first-order chi connectivity index (χ1) is 13.3. The molecule has 8 heteroatoms. The van der Waals surface area contributed by atoms with Crippen LogP contribution >= 0.6 is 23.4 Å². The molecule has 1 aromatic heterocycles. The fraction of sp³-hybridized carbons (Fsp3) is 0.150. The molecule has 0 aliphatic carbocycles. The number of aryl methyl sites for hydroxylation is 1. The largest absolute Gasteiger partial charge is 0.325 e. The van der Waals surface area contributed by atoms with Crippen molar-refractivity contribution in [1.29, 1.82) is 0 Å². The lowest BCUT2D eigenvalue weighted by molar-refractivity contribution is -0.115. The molecule has 1 N–H and O–H groups in total. The van der Waals surface area contributed by atoms with Crippen molar-refractivity contribution < 1.29 is 9.18 Å². The van der Waals surface area contributed by atoms with Gasteiger partial charge in [-0.05, 0) is 55.8 Å². The highest BCUT2D eigenvalue weighted by atomic mass is 35.5. The second-order valence-corrected chi connectivity index (χ2v) is 7.88. The third kappa shape index (κ3) is 4.79. The summed E-state index contributed by atoms with van der Waals surface area (Å²) in [6, 6.07) is 13.9. The summed E-state index contributed by atoms with van der Waals surface area (Å²) in [6.07, 6.45) is 0. The van der Waals surface area contributed by atoms with Crippen molar-refractivity contribution >= 4 is 35.0 Å². The Balaban J connectivity index is 1.77. The molecule has 1 heterocycles. The summed E-state index contributed by atoms with van der Waals surface area (Å²) in [4.78, 5) is 24.6. The zero-order valence-corrected chi connectivity index (χ0v) is 16.7. The summed E-state index contributed by atoms with van der Waals surface area (Å²) < 4.78 is 14.5. The zero-order valence-electron chi connectivity index (χ0n) is 15.1. The van der Waals surface area contributed by atoms with Crippen LogP contribution in [0, 0.1) is 12.7 Å². The Kier molecular flexibility index (Phi) is 6.16. The molecule has 0 spiro atoms. The average molecular weight is 418 g/mol. The predicted molar refractivity (Wildman–Crippen MR) is 110 cm³/mol. The van der Waals surface area contributed by atoms with Gasteiger partial charge in [-0.3, -0.25) is 9.59 Å². The Morgan fingerprint density at radius 2 is 2.00 bits per heavy atom. The van der Waals surface area contributed by atoms with Crippen LogP contribution in [0.1, 0.15) is 12.5 Å². The molecule has 3 aromatic rings. The van der Waals surface area contributed by atoms with E-state index < -0.39 is 11.1 Å². The summed E-state index contributed by atoms with van der Waals surface area (Å²) in [5, 5.41) is 7.51. The van der Waals surface area contributed by atoms with Crippen LogP contribution in [-0.2, 0) is 4.79 Å². The predicted octanol–water partition coefficient (Wildman–Crippen LogP) is 4.45. The third-order valence-corrected chi connectivity index (χ3v) is 5.37. The van der Waals surface area contributed by atoms with Gasteiger partial charge in [0.15, 0.2) is 0 Å². The molecule has 3 rings (SSSR count). The molecule has 2 aromatic carbocycles. The Bertz CT molecular complexity index is 1090. The van der Waals surface area contributed by atoms with Crippen molar-refractivity contribution in [1.82, 2.24) is 9.78 Å². The van der Waals surface area contributed by atoms with Gasteiger partial charge in [0.1, 0.15) is 10.8 Å². The Morgan fingerprint density at radius 1 is 1.21 bits per heavy atom. The first-order valence-corrected chi connectivity index (χ1v) is 9.69. The highest BCUT2D eigenvalue weighted by Gasteiger charge is 2.16. The number of carbonyl (C=O) groups excluding carboxylic acids is 1. The summed E-state index contributed by atoms with van der Waals surface area (Å²) in [7, 11) is 0. The number of rotatable bonds is 5. The maximum atomic E-state index is 13.3. The molecule has 1 atom stereocenters. The molecule has 0 aliphatic heterocycles. The number of carbonyl (C=O) groups is 1. The molecule has 1 amide bonds. The van der Waals surface area contributed by atoms with Gasteiger partial charge < -0.3 is 5.32 Å². The first-order valence-electron chi connectivity index (χ1n) is 8.43. The van der Waals surface area contributed by atoms with Crippen LogP contribution in [0.4, 0.5) is 10.1 Å². The molecule has 0 aliphatic rings. The number of thioether (sulfide) groups is 1. The van der Waals surface area contributed by atoms with Gasteiger partial charge in [0.2, 0.25) is 5.91 Å². The van der Waals surface area contributed by atoms with Crippen molar-refractivity contribution in [2.75, 3.05) is 5.32 Å². The molecule has 0 saturated carbocycles. The second kappa shape index (κ2) is 8.58. The minimum atomic E-state index is -0.511. The van der Waals surface area contributed by atoms with Crippen molar-refractivity contribution in [3.63, 3.8) is 0 Å². The van der Waals surface area contributed by atoms with Crippen LogP contribution < -0.4 is 10.9 Å². The topological polar surface area (TPSA) is 64.0 Å². The summed E-state index contributed by atoms with van der Waals surface area (Å²) >= 11 is 7.33. The van der Waals surface area contributed by atoms with Crippen LogP contribution in [0.2, 0.25) is 5.02 Å².